The lowest BCUT2D eigenvalue weighted by Crippen LogP contribution is -2.47. The first-order valence-corrected chi connectivity index (χ1v) is 11.0. The minimum absolute atomic E-state index is 0.00353. The molecule has 0 radical (unpaired) electrons. The molecular weight excluding hydrogens is 395 g/mol. The number of hydrogen-bond acceptors (Lipinski definition) is 5. The smallest absolute Gasteiger partial charge is 0.444 e. The van der Waals surface area contributed by atoms with Crippen LogP contribution in [0.4, 0.5) is 4.79 Å². The van der Waals surface area contributed by atoms with E-state index in [4.69, 9.17) is 14.0 Å². The van der Waals surface area contributed by atoms with E-state index in [1.165, 1.54) is 0 Å². The minimum Gasteiger partial charge on any atom is -0.444 e. The number of alkyl carbamates (subject to hydrolysis) is 1. The molecule has 0 aromatic heterocycles. The van der Waals surface area contributed by atoms with E-state index < -0.39 is 30.0 Å². The van der Waals surface area contributed by atoms with Gasteiger partial charge in [-0.1, -0.05) is 12.1 Å². The molecule has 8 heteroatoms. The van der Waals surface area contributed by atoms with Crippen molar-refractivity contribution < 1.29 is 23.6 Å². The van der Waals surface area contributed by atoms with E-state index in [1.54, 1.807) is 0 Å². The molecule has 7 nitrogen and oxygen atoms in total. The third kappa shape index (κ3) is 5.60. The van der Waals surface area contributed by atoms with Gasteiger partial charge in [0, 0.05) is 24.7 Å². The van der Waals surface area contributed by atoms with Crippen LogP contribution >= 0.6 is 0 Å². The maximum atomic E-state index is 12.9. The van der Waals surface area contributed by atoms with Crippen LogP contribution in [0.2, 0.25) is 0 Å². The van der Waals surface area contributed by atoms with Crippen molar-refractivity contribution in [3.05, 3.63) is 29.8 Å². The number of carbonyl (C=O) groups excluding carboxylic acids is 2. The number of amides is 2. The average Bonchev–Trinajstić information content (AvgIpc) is 2.88. The van der Waals surface area contributed by atoms with Gasteiger partial charge in [-0.2, -0.15) is 0 Å². The number of nitrogens with zero attached hydrogens (tertiary/aromatic N) is 1. The Labute approximate surface area is 185 Å². The summed E-state index contributed by atoms with van der Waals surface area (Å²) in [7, 11) is -0.441. The Bertz CT molecular complexity index is 792. The summed E-state index contributed by atoms with van der Waals surface area (Å²) < 4.78 is 17.5. The Morgan fingerprint density at radius 2 is 1.55 bits per heavy atom. The number of nitrogens with one attached hydrogen (secondary N) is 1. The molecule has 2 saturated heterocycles. The van der Waals surface area contributed by atoms with Gasteiger partial charge in [-0.05, 0) is 78.9 Å². The fourth-order valence-corrected chi connectivity index (χ4v) is 3.65. The van der Waals surface area contributed by atoms with Gasteiger partial charge in [0.05, 0.1) is 11.2 Å². The molecule has 1 aromatic rings. The lowest BCUT2D eigenvalue weighted by Gasteiger charge is -2.33. The van der Waals surface area contributed by atoms with Gasteiger partial charge in [-0.15, -0.1) is 0 Å². The molecule has 0 saturated carbocycles. The quantitative estimate of drug-likeness (QED) is 0.746. The SMILES string of the molecule is CC(C)(C)OC(=O)NC1CCN(C(=O)c2ccc(B3OC(C)(C)C(C)(C)O3)cc2)CC1. The Morgan fingerprint density at radius 3 is 2.03 bits per heavy atom. The van der Waals surface area contributed by atoms with Crippen molar-refractivity contribution in [2.24, 2.45) is 0 Å². The lowest BCUT2D eigenvalue weighted by molar-refractivity contribution is 0.00578. The van der Waals surface area contributed by atoms with E-state index in [1.807, 2.05) is 77.6 Å². The van der Waals surface area contributed by atoms with E-state index in [0.717, 1.165) is 5.46 Å². The van der Waals surface area contributed by atoms with Gasteiger partial charge in [0.2, 0.25) is 0 Å². The van der Waals surface area contributed by atoms with Gasteiger partial charge in [-0.25, -0.2) is 4.79 Å². The number of piperidine rings is 1. The first kappa shape index (κ1) is 23.6. The van der Waals surface area contributed by atoms with Crippen molar-refractivity contribution in [3.8, 4) is 0 Å². The first-order valence-electron chi connectivity index (χ1n) is 11.0. The molecule has 0 bridgehead atoms. The maximum Gasteiger partial charge on any atom is 0.494 e. The fraction of sp³-hybridized carbons (Fsp3) is 0.652. The number of hydrogen-bond donors (Lipinski definition) is 1. The summed E-state index contributed by atoms with van der Waals surface area (Å²) in [6, 6.07) is 7.46. The number of likely N-dealkylation sites (tertiary alicyclic amines) is 1. The number of ether oxygens (including phenoxy) is 1. The van der Waals surface area contributed by atoms with Gasteiger partial charge in [-0.3, -0.25) is 4.79 Å². The summed E-state index contributed by atoms with van der Waals surface area (Å²) in [4.78, 5) is 26.7. The predicted octanol–water partition coefficient (Wildman–Crippen LogP) is 3.12. The number of carbonyl (C=O) groups is 2. The van der Waals surface area contributed by atoms with Crippen molar-refractivity contribution in [1.29, 1.82) is 0 Å². The molecule has 1 N–H and O–H groups in total. The Balaban J connectivity index is 1.53. The van der Waals surface area contributed by atoms with Gasteiger partial charge >= 0.3 is 13.2 Å². The second-order valence-electron chi connectivity index (χ2n) is 10.4. The Morgan fingerprint density at radius 1 is 1.03 bits per heavy atom. The highest BCUT2D eigenvalue weighted by molar-refractivity contribution is 6.62. The number of rotatable bonds is 3. The average molecular weight is 430 g/mol. The van der Waals surface area contributed by atoms with Crippen LogP contribution in [-0.2, 0) is 14.0 Å². The zero-order chi connectivity index (χ0) is 23.0. The van der Waals surface area contributed by atoms with E-state index in [9.17, 15) is 9.59 Å². The van der Waals surface area contributed by atoms with Gasteiger partial charge in [0.15, 0.2) is 0 Å². The molecule has 0 spiro atoms. The highest BCUT2D eigenvalue weighted by atomic mass is 16.7. The van der Waals surface area contributed by atoms with E-state index in [2.05, 4.69) is 5.32 Å². The summed E-state index contributed by atoms with van der Waals surface area (Å²) >= 11 is 0. The van der Waals surface area contributed by atoms with Crippen molar-refractivity contribution in [3.63, 3.8) is 0 Å². The molecule has 3 rings (SSSR count). The zero-order valence-electron chi connectivity index (χ0n) is 19.8. The Hall–Kier alpha value is -2.06. The number of benzene rings is 1. The maximum absolute atomic E-state index is 12.9. The van der Waals surface area contributed by atoms with Crippen LogP contribution in [-0.4, -0.2) is 60.0 Å². The third-order valence-electron chi connectivity index (χ3n) is 6.19. The predicted molar refractivity (Wildman–Crippen MR) is 120 cm³/mol. The van der Waals surface area contributed by atoms with E-state index >= 15 is 0 Å². The summed E-state index contributed by atoms with van der Waals surface area (Å²) in [5.41, 5.74) is 0.218. The summed E-state index contributed by atoms with van der Waals surface area (Å²) in [6.45, 7) is 14.8. The van der Waals surface area contributed by atoms with Gasteiger partial charge < -0.3 is 24.3 Å². The molecule has 2 heterocycles. The summed E-state index contributed by atoms with van der Waals surface area (Å²) in [6.07, 6.45) is 1.00. The van der Waals surface area contributed by atoms with Crippen molar-refractivity contribution in [1.82, 2.24) is 10.2 Å². The molecule has 0 unspecified atom stereocenters. The molecule has 0 aliphatic carbocycles. The standard InChI is InChI=1S/C23H35BN2O5/c1-21(2,3)29-20(28)25-18-12-14-26(15-13-18)19(27)16-8-10-17(11-9-16)24-30-22(4,5)23(6,7)31-24/h8-11,18H,12-15H2,1-7H3,(H,25,28). The van der Waals surface area contributed by atoms with Crippen LogP contribution in [0, 0.1) is 0 Å². The minimum atomic E-state index is -0.521. The van der Waals surface area contributed by atoms with Crippen LogP contribution in [0.1, 0.15) is 71.7 Å². The Kier molecular flexibility index (Phi) is 6.45. The molecule has 2 aliphatic heterocycles. The summed E-state index contributed by atoms with van der Waals surface area (Å²) in [5, 5.41) is 2.90. The molecule has 1 aromatic carbocycles. The highest BCUT2D eigenvalue weighted by Crippen LogP contribution is 2.36. The fourth-order valence-electron chi connectivity index (χ4n) is 3.65. The molecular formula is C23H35BN2O5. The highest BCUT2D eigenvalue weighted by Gasteiger charge is 2.51. The van der Waals surface area contributed by atoms with Crippen molar-refractivity contribution in [2.75, 3.05) is 13.1 Å². The molecule has 2 amide bonds. The van der Waals surface area contributed by atoms with Gasteiger partial charge in [0.25, 0.3) is 5.91 Å². The van der Waals surface area contributed by atoms with Crippen LogP contribution in [0.3, 0.4) is 0 Å². The van der Waals surface area contributed by atoms with Crippen LogP contribution in [0.5, 0.6) is 0 Å². The third-order valence-corrected chi connectivity index (χ3v) is 6.19. The van der Waals surface area contributed by atoms with Crippen LogP contribution < -0.4 is 10.8 Å². The second kappa shape index (κ2) is 8.47. The van der Waals surface area contributed by atoms with Crippen molar-refractivity contribution in [2.45, 2.75) is 84.2 Å². The molecule has 170 valence electrons. The normalized spacial score (nSPS) is 21.1. The lowest BCUT2D eigenvalue weighted by atomic mass is 9.79. The topological polar surface area (TPSA) is 77.1 Å². The monoisotopic (exact) mass is 430 g/mol. The van der Waals surface area contributed by atoms with E-state index in [0.29, 0.717) is 31.5 Å². The van der Waals surface area contributed by atoms with Crippen LogP contribution in [0.25, 0.3) is 0 Å². The largest absolute Gasteiger partial charge is 0.494 e. The molecule has 2 aliphatic rings. The van der Waals surface area contributed by atoms with Crippen LogP contribution in [0.15, 0.2) is 24.3 Å². The second-order valence-corrected chi connectivity index (χ2v) is 10.4. The van der Waals surface area contributed by atoms with Crippen molar-refractivity contribution >= 4 is 24.6 Å². The zero-order valence-corrected chi connectivity index (χ0v) is 19.8. The summed E-state index contributed by atoms with van der Waals surface area (Å²) in [5.74, 6) is -0.00353. The molecule has 0 atom stereocenters. The van der Waals surface area contributed by atoms with E-state index in [-0.39, 0.29) is 11.9 Å². The van der Waals surface area contributed by atoms with Gasteiger partial charge in [0.1, 0.15) is 5.60 Å². The molecule has 2 fully saturated rings. The molecule has 31 heavy (non-hydrogen) atoms. The first-order chi connectivity index (χ1) is 14.3.